The smallest absolute Gasteiger partial charge is 0.293 e. The fourth-order valence-corrected chi connectivity index (χ4v) is 4.44. The number of carbonyl (C=O) groups is 1. The predicted molar refractivity (Wildman–Crippen MR) is 145 cm³/mol. The van der Waals surface area contributed by atoms with E-state index >= 15 is 0 Å². The minimum atomic E-state index is -0.509. The number of hydrogen-bond donors (Lipinski definition) is 2. The van der Waals surface area contributed by atoms with Gasteiger partial charge in [0.05, 0.1) is 15.6 Å². The summed E-state index contributed by atoms with van der Waals surface area (Å²) in [6, 6.07) is 21.4. The van der Waals surface area contributed by atoms with E-state index in [2.05, 4.69) is 31.5 Å². The number of carbonyl (C=O) groups excluding carboxylic acids is 1. The van der Waals surface area contributed by atoms with Crippen LogP contribution in [0.15, 0.2) is 86.1 Å². The van der Waals surface area contributed by atoms with Crippen molar-refractivity contribution < 1.29 is 13.6 Å². The molecule has 6 nitrogen and oxygen atoms in total. The Morgan fingerprint density at radius 1 is 0.943 bits per heavy atom. The van der Waals surface area contributed by atoms with Gasteiger partial charge in [0.15, 0.2) is 16.5 Å². The Morgan fingerprint density at radius 2 is 1.74 bits per heavy atom. The monoisotopic (exact) mass is 585 g/mol. The summed E-state index contributed by atoms with van der Waals surface area (Å²) in [7, 11) is 0. The fraction of sp³-hybridized carbons (Fsp3) is 0. The van der Waals surface area contributed by atoms with E-state index in [0.29, 0.717) is 44.0 Å². The lowest BCUT2D eigenvalue weighted by atomic mass is 10.2. The summed E-state index contributed by atoms with van der Waals surface area (Å²) in [5, 5.41) is 6.42. The SMILES string of the molecule is O=C(NC(=S)Nc1ccc2oc(-c3ccccc3Br)nc2c1)c1ccc(-c2cccc(Cl)c2Cl)o1. The number of anilines is 1. The van der Waals surface area contributed by atoms with Gasteiger partial charge in [0.1, 0.15) is 11.3 Å². The number of nitrogens with one attached hydrogen (secondary N) is 2. The summed E-state index contributed by atoms with van der Waals surface area (Å²) in [5.74, 6) is 0.476. The average Bonchev–Trinajstić information content (AvgIpc) is 3.48. The Bertz CT molecular complexity index is 1600. The summed E-state index contributed by atoms with van der Waals surface area (Å²) >= 11 is 21.1. The quantitative estimate of drug-likeness (QED) is 0.208. The molecule has 2 N–H and O–H groups in total. The van der Waals surface area contributed by atoms with Crippen LogP contribution in [0.4, 0.5) is 5.69 Å². The number of benzene rings is 3. The van der Waals surface area contributed by atoms with E-state index in [0.717, 1.165) is 10.0 Å². The van der Waals surface area contributed by atoms with Gasteiger partial charge < -0.3 is 14.2 Å². The molecule has 2 heterocycles. The normalized spacial score (nSPS) is 10.9. The minimum Gasteiger partial charge on any atom is -0.451 e. The van der Waals surface area contributed by atoms with Crippen LogP contribution in [-0.4, -0.2) is 16.0 Å². The lowest BCUT2D eigenvalue weighted by Gasteiger charge is -2.08. The van der Waals surface area contributed by atoms with E-state index in [1.165, 1.54) is 6.07 Å². The summed E-state index contributed by atoms with van der Waals surface area (Å²) in [4.78, 5) is 17.2. The van der Waals surface area contributed by atoms with Crippen molar-refractivity contribution >= 4 is 79.2 Å². The average molecular weight is 587 g/mol. The van der Waals surface area contributed by atoms with Crippen LogP contribution in [0, 0.1) is 0 Å². The molecule has 2 aromatic heterocycles. The van der Waals surface area contributed by atoms with Gasteiger partial charge in [0.2, 0.25) is 5.89 Å². The maximum Gasteiger partial charge on any atom is 0.293 e. The number of furan rings is 1. The first-order valence-electron chi connectivity index (χ1n) is 10.2. The van der Waals surface area contributed by atoms with Crippen LogP contribution in [0.1, 0.15) is 10.6 Å². The molecule has 0 bridgehead atoms. The van der Waals surface area contributed by atoms with E-state index in [1.54, 1.807) is 42.5 Å². The molecule has 10 heteroatoms. The van der Waals surface area contributed by atoms with Crippen molar-refractivity contribution in [2.45, 2.75) is 0 Å². The minimum absolute atomic E-state index is 0.0743. The molecule has 3 aromatic carbocycles. The highest BCUT2D eigenvalue weighted by atomic mass is 79.9. The summed E-state index contributed by atoms with van der Waals surface area (Å²) < 4.78 is 12.4. The van der Waals surface area contributed by atoms with Crippen molar-refractivity contribution in [3.63, 3.8) is 0 Å². The molecular weight excluding hydrogens is 573 g/mol. The number of halogens is 3. The van der Waals surface area contributed by atoms with Gasteiger partial charge in [-0.15, -0.1) is 0 Å². The Kier molecular flexibility index (Phi) is 6.62. The maximum absolute atomic E-state index is 12.6. The molecule has 5 rings (SSSR count). The molecule has 0 fully saturated rings. The zero-order valence-corrected chi connectivity index (χ0v) is 21.6. The molecule has 5 aromatic rings. The Labute approximate surface area is 223 Å². The highest BCUT2D eigenvalue weighted by molar-refractivity contribution is 9.10. The second kappa shape index (κ2) is 9.83. The number of amides is 1. The van der Waals surface area contributed by atoms with E-state index in [4.69, 9.17) is 44.3 Å². The van der Waals surface area contributed by atoms with Crippen molar-refractivity contribution in [1.82, 2.24) is 10.3 Å². The number of fused-ring (bicyclic) bond motifs is 1. The van der Waals surface area contributed by atoms with Crippen molar-refractivity contribution in [2.24, 2.45) is 0 Å². The van der Waals surface area contributed by atoms with Crippen molar-refractivity contribution in [2.75, 3.05) is 5.32 Å². The van der Waals surface area contributed by atoms with Crippen molar-refractivity contribution in [3.05, 3.63) is 93.1 Å². The van der Waals surface area contributed by atoms with Gasteiger partial charge in [-0.25, -0.2) is 4.98 Å². The number of thiocarbonyl (C=S) groups is 1. The molecule has 0 saturated carbocycles. The van der Waals surface area contributed by atoms with E-state index in [1.807, 2.05) is 24.3 Å². The largest absolute Gasteiger partial charge is 0.451 e. The third kappa shape index (κ3) is 4.97. The molecule has 1 amide bonds. The van der Waals surface area contributed by atoms with E-state index < -0.39 is 5.91 Å². The third-order valence-corrected chi connectivity index (χ3v) is 6.74. The van der Waals surface area contributed by atoms with Gasteiger partial charge in [-0.3, -0.25) is 10.1 Å². The molecule has 35 heavy (non-hydrogen) atoms. The predicted octanol–water partition coefficient (Wildman–Crippen LogP) is 7.95. The van der Waals surface area contributed by atoms with Crippen molar-refractivity contribution in [3.8, 4) is 22.8 Å². The number of hydrogen-bond acceptors (Lipinski definition) is 5. The fourth-order valence-electron chi connectivity index (χ4n) is 3.38. The van der Waals surface area contributed by atoms with Gasteiger partial charge >= 0.3 is 0 Å². The molecule has 0 atom stereocenters. The van der Waals surface area contributed by atoms with Gasteiger partial charge in [0.25, 0.3) is 5.91 Å². The molecule has 0 spiro atoms. The maximum atomic E-state index is 12.6. The first kappa shape index (κ1) is 23.6. The van der Waals surface area contributed by atoms with Crippen LogP contribution in [-0.2, 0) is 0 Å². The van der Waals surface area contributed by atoms with Crippen LogP contribution in [0.2, 0.25) is 10.0 Å². The highest BCUT2D eigenvalue weighted by Gasteiger charge is 2.17. The number of aromatic nitrogens is 1. The zero-order valence-electron chi connectivity index (χ0n) is 17.6. The standard InChI is InChI=1S/C25H14BrCl2N3O3S/c26-16-6-2-1-4-14(16)24-30-18-12-13(8-9-20(18)34-24)29-25(35)31-23(32)21-11-10-19(33-21)15-5-3-7-17(27)22(15)28/h1-12H,(H2,29,31,32,35). The highest BCUT2D eigenvalue weighted by Crippen LogP contribution is 2.34. The van der Waals surface area contributed by atoms with E-state index in [9.17, 15) is 4.79 Å². The van der Waals surface area contributed by atoms with Gasteiger partial charge in [-0.1, -0.05) is 41.4 Å². The van der Waals surface area contributed by atoms with Crippen LogP contribution < -0.4 is 10.6 Å². The molecule has 174 valence electrons. The Hall–Kier alpha value is -3.17. The third-order valence-electron chi connectivity index (χ3n) is 5.02. The zero-order chi connectivity index (χ0) is 24.5. The number of rotatable bonds is 4. The summed E-state index contributed by atoms with van der Waals surface area (Å²) in [5.41, 5.74) is 3.34. The van der Waals surface area contributed by atoms with Crippen LogP contribution in [0.25, 0.3) is 33.9 Å². The molecule has 0 unspecified atom stereocenters. The Morgan fingerprint density at radius 3 is 2.57 bits per heavy atom. The van der Waals surface area contributed by atoms with Crippen molar-refractivity contribution in [1.29, 1.82) is 0 Å². The van der Waals surface area contributed by atoms with Gasteiger partial charge in [0, 0.05) is 15.7 Å². The topological polar surface area (TPSA) is 80.3 Å². The first-order chi connectivity index (χ1) is 16.9. The van der Waals surface area contributed by atoms with Crippen LogP contribution in [0.3, 0.4) is 0 Å². The lowest BCUT2D eigenvalue weighted by Crippen LogP contribution is -2.33. The van der Waals surface area contributed by atoms with Gasteiger partial charge in [-0.2, -0.15) is 0 Å². The second-order valence-electron chi connectivity index (χ2n) is 7.35. The summed E-state index contributed by atoms with van der Waals surface area (Å²) in [6.07, 6.45) is 0. The molecular formula is C25H14BrCl2N3O3S. The van der Waals surface area contributed by atoms with E-state index in [-0.39, 0.29) is 10.9 Å². The number of oxazole rings is 1. The Balaban J connectivity index is 1.28. The molecule has 0 aliphatic carbocycles. The van der Waals surface area contributed by atoms with Gasteiger partial charge in [-0.05, 0) is 82.7 Å². The lowest BCUT2D eigenvalue weighted by molar-refractivity contribution is 0.0951. The van der Waals surface area contributed by atoms with Crippen LogP contribution in [0.5, 0.6) is 0 Å². The summed E-state index contributed by atoms with van der Waals surface area (Å²) in [6.45, 7) is 0. The second-order valence-corrected chi connectivity index (χ2v) is 9.40. The van der Waals surface area contributed by atoms with Crippen LogP contribution >= 0.6 is 51.3 Å². The molecule has 0 radical (unpaired) electrons. The number of nitrogens with zero attached hydrogens (tertiary/aromatic N) is 1. The first-order valence-corrected chi connectivity index (χ1v) is 12.2. The molecule has 0 aliphatic heterocycles. The molecule has 0 aliphatic rings. The molecule has 0 saturated heterocycles.